The van der Waals surface area contributed by atoms with Crippen LogP contribution in [0.25, 0.3) is 0 Å². The maximum atomic E-state index is 13.3. The van der Waals surface area contributed by atoms with Gasteiger partial charge in [0.05, 0.1) is 5.56 Å². The number of nitrogens with zero attached hydrogens (tertiary/aromatic N) is 1. The number of ether oxygens (including phenoxy) is 1. The quantitative estimate of drug-likeness (QED) is 0.331. The predicted molar refractivity (Wildman–Crippen MR) is 150 cm³/mol. The van der Waals surface area contributed by atoms with Crippen LogP contribution in [-0.4, -0.2) is 38.2 Å². The normalized spacial score (nSPS) is 12.6. The molecule has 7 heteroatoms. The molecule has 7 nitrogen and oxygen atoms in total. The smallest absolute Gasteiger partial charge is 0.323 e. The summed E-state index contributed by atoms with van der Waals surface area (Å²) in [5.41, 5.74) is 7.46. The Kier molecular flexibility index (Phi) is 8.80. The Bertz CT molecular complexity index is 1260. The third kappa shape index (κ3) is 6.68. The van der Waals surface area contributed by atoms with E-state index in [1.165, 1.54) is 11.1 Å². The second-order valence-electron chi connectivity index (χ2n) is 9.31. The lowest BCUT2D eigenvalue weighted by Gasteiger charge is -2.32. The zero-order chi connectivity index (χ0) is 26.2. The molecule has 0 saturated heterocycles. The molecule has 1 heterocycles. The Labute approximate surface area is 219 Å². The lowest BCUT2D eigenvalue weighted by Crippen LogP contribution is -2.33. The fraction of sp³-hybridized carbons (Fsp3) is 0.333. The van der Waals surface area contributed by atoms with E-state index in [4.69, 9.17) is 4.74 Å². The van der Waals surface area contributed by atoms with Crippen molar-refractivity contribution in [3.05, 3.63) is 88.5 Å². The first-order chi connectivity index (χ1) is 18.0. The summed E-state index contributed by atoms with van der Waals surface area (Å²) < 4.78 is 5.39. The molecule has 0 radical (unpaired) electrons. The highest BCUT2D eigenvalue weighted by molar-refractivity contribution is 6.04. The van der Waals surface area contributed by atoms with Gasteiger partial charge in [-0.15, -0.1) is 0 Å². The van der Waals surface area contributed by atoms with Crippen molar-refractivity contribution in [2.75, 3.05) is 41.8 Å². The summed E-state index contributed by atoms with van der Waals surface area (Å²) in [5.74, 6) is -0.163. The summed E-state index contributed by atoms with van der Waals surface area (Å²) in [4.78, 5) is 28.3. The third-order valence-corrected chi connectivity index (χ3v) is 6.78. The lowest BCUT2D eigenvalue weighted by molar-refractivity contribution is 0.0944. The topological polar surface area (TPSA) is 82.7 Å². The first kappa shape index (κ1) is 26.2. The Hall–Kier alpha value is -3.84. The van der Waals surface area contributed by atoms with Gasteiger partial charge in [-0.2, -0.15) is 0 Å². The highest BCUT2D eigenvalue weighted by Crippen LogP contribution is 2.30. The molecule has 0 unspecified atom stereocenters. The number of fused-ring (bicyclic) bond motifs is 1. The molecule has 0 fully saturated rings. The van der Waals surface area contributed by atoms with Gasteiger partial charge in [0.1, 0.15) is 0 Å². The summed E-state index contributed by atoms with van der Waals surface area (Å²) in [6, 6.07) is 19.4. The minimum absolute atomic E-state index is 0.163. The summed E-state index contributed by atoms with van der Waals surface area (Å²) >= 11 is 0. The van der Waals surface area contributed by atoms with E-state index in [2.05, 4.69) is 45.1 Å². The number of carbonyl (C=O) groups excluding carboxylic acids is 2. The van der Waals surface area contributed by atoms with Crippen LogP contribution < -0.4 is 20.9 Å². The first-order valence-electron chi connectivity index (χ1n) is 12.9. The highest BCUT2D eigenvalue weighted by Gasteiger charge is 2.22. The zero-order valence-electron chi connectivity index (χ0n) is 21.9. The van der Waals surface area contributed by atoms with E-state index in [-0.39, 0.29) is 11.9 Å². The van der Waals surface area contributed by atoms with Crippen molar-refractivity contribution in [2.24, 2.45) is 0 Å². The Morgan fingerprint density at radius 1 is 0.973 bits per heavy atom. The van der Waals surface area contributed by atoms with Crippen LogP contribution in [0.2, 0.25) is 0 Å². The standard InChI is InChI=1S/C30H36N4O3/c1-4-37-18-8-16-31-29(35)26-19-25(32-30(36)33-27-12-7-9-21(2)22(27)3)13-14-28(26)34-17-15-23-10-5-6-11-24(23)20-34/h5-7,9-14,19H,4,8,15-18,20H2,1-3H3,(H,31,35)(H2,32,33,36). The number of amides is 3. The number of aryl methyl sites for hydroxylation is 1. The maximum absolute atomic E-state index is 13.3. The van der Waals surface area contributed by atoms with Gasteiger partial charge in [0.25, 0.3) is 5.91 Å². The van der Waals surface area contributed by atoms with Gasteiger partial charge in [0.2, 0.25) is 0 Å². The number of rotatable bonds is 9. The molecular weight excluding hydrogens is 464 g/mol. The van der Waals surface area contributed by atoms with E-state index >= 15 is 0 Å². The van der Waals surface area contributed by atoms with Crippen molar-refractivity contribution < 1.29 is 14.3 Å². The van der Waals surface area contributed by atoms with Crippen molar-refractivity contribution in [1.82, 2.24) is 5.32 Å². The molecule has 0 aliphatic carbocycles. The van der Waals surface area contributed by atoms with Gasteiger partial charge in [-0.25, -0.2) is 4.79 Å². The number of nitrogens with one attached hydrogen (secondary N) is 3. The second kappa shape index (κ2) is 12.4. The molecule has 0 spiro atoms. The minimum Gasteiger partial charge on any atom is -0.382 e. The monoisotopic (exact) mass is 500 g/mol. The van der Waals surface area contributed by atoms with Crippen LogP contribution in [0.4, 0.5) is 21.9 Å². The van der Waals surface area contributed by atoms with Gasteiger partial charge in [0.15, 0.2) is 0 Å². The van der Waals surface area contributed by atoms with Gasteiger partial charge >= 0.3 is 6.03 Å². The molecule has 3 aromatic carbocycles. The molecule has 0 atom stereocenters. The van der Waals surface area contributed by atoms with E-state index in [9.17, 15) is 9.59 Å². The lowest BCUT2D eigenvalue weighted by atomic mass is 9.98. The molecule has 3 aromatic rings. The predicted octanol–water partition coefficient (Wildman–Crippen LogP) is 5.67. The molecule has 4 rings (SSSR count). The van der Waals surface area contributed by atoms with E-state index in [0.717, 1.165) is 48.4 Å². The molecular formula is C30H36N4O3. The van der Waals surface area contributed by atoms with Gasteiger partial charge in [-0.3, -0.25) is 4.79 Å². The fourth-order valence-corrected chi connectivity index (χ4v) is 4.56. The third-order valence-electron chi connectivity index (χ3n) is 6.78. The molecule has 0 aromatic heterocycles. The maximum Gasteiger partial charge on any atom is 0.323 e. The van der Waals surface area contributed by atoms with Crippen molar-refractivity contribution >= 4 is 29.0 Å². The number of benzene rings is 3. The summed E-state index contributed by atoms with van der Waals surface area (Å²) in [7, 11) is 0. The summed E-state index contributed by atoms with van der Waals surface area (Å²) in [5, 5.41) is 8.83. The molecule has 3 N–H and O–H groups in total. The van der Waals surface area contributed by atoms with Gasteiger partial charge in [-0.05, 0) is 80.1 Å². The highest BCUT2D eigenvalue weighted by atomic mass is 16.5. The first-order valence-corrected chi connectivity index (χ1v) is 12.9. The average molecular weight is 501 g/mol. The van der Waals surface area contributed by atoms with Crippen molar-refractivity contribution in [2.45, 2.75) is 40.2 Å². The van der Waals surface area contributed by atoms with E-state index in [1.807, 2.05) is 51.1 Å². The molecule has 1 aliphatic heterocycles. The SMILES string of the molecule is CCOCCCNC(=O)c1cc(NC(=O)Nc2cccc(C)c2C)ccc1N1CCc2ccccc2C1. The van der Waals surface area contributed by atoms with Crippen LogP contribution in [0, 0.1) is 13.8 Å². The minimum atomic E-state index is -0.351. The number of carbonyl (C=O) groups is 2. The average Bonchev–Trinajstić information content (AvgIpc) is 2.90. The number of hydrogen-bond acceptors (Lipinski definition) is 4. The number of anilines is 3. The number of urea groups is 1. The van der Waals surface area contributed by atoms with E-state index in [0.29, 0.717) is 31.0 Å². The second-order valence-corrected chi connectivity index (χ2v) is 9.31. The van der Waals surface area contributed by atoms with Crippen LogP contribution in [0.1, 0.15) is 46.0 Å². The zero-order valence-corrected chi connectivity index (χ0v) is 21.9. The molecule has 194 valence electrons. The molecule has 3 amide bonds. The molecule has 1 aliphatic rings. The van der Waals surface area contributed by atoms with Crippen molar-refractivity contribution in [3.8, 4) is 0 Å². The molecule has 0 saturated carbocycles. The van der Waals surface area contributed by atoms with Crippen LogP contribution in [0.5, 0.6) is 0 Å². The van der Waals surface area contributed by atoms with E-state index in [1.54, 1.807) is 6.07 Å². The molecule has 0 bridgehead atoms. The van der Waals surface area contributed by atoms with Crippen molar-refractivity contribution in [3.63, 3.8) is 0 Å². The van der Waals surface area contributed by atoms with Crippen LogP contribution >= 0.6 is 0 Å². The Morgan fingerprint density at radius 3 is 2.59 bits per heavy atom. The Balaban J connectivity index is 1.53. The fourth-order valence-electron chi connectivity index (χ4n) is 4.56. The van der Waals surface area contributed by atoms with Crippen LogP contribution in [-0.2, 0) is 17.7 Å². The van der Waals surface area contributed by atoms with Crippen LogP contribution in [0.15, 0.2) is 60.7 Å². The summed E-state index contributed by atoms with van der Waals surface area (Å²) in [6.45, 7) is 9.28. The van der Waals surface area contributed by atoms with Gasteiger partial charge in [-0.1, -0.05) is 36.4 Å². The van der Waals surface area contributed by atoms with Crippen LogP contribution in [0.3, 0.4) is 0 Å². The largest absolute Gasteiger partial charge is 0.382 e. The van der Waals surface area contributed by atoms with Gasteiger partial charge in [0, 0.05) is 49.9 Å². The van der Waals surface area contributed by atoms with Gasteiger partial charge < -0.3 is 25.6 Å². The van der Waals surface area contributed by atoms with Crippen molar-refractivity contribution in [1.29, 1.82) is 0 Å². The number of hydrogen-bond donors (Lipinski definition) is 3. The van der Waals surface area contributed by atoms with E-state index < -0.39 is 0 Å². The molecule has 37 heavy (non-hydrogen) atoms. The Morgan fingerprint density at radius 2 is 1.78 bits per heavy atom. The summed E-state index contributed by atoms with van der Waals surface area (Å²) in [6.07, 6.45) is 1.66.